The Balaban J connectivity index is 0.954. The summed E-state index contributed by atoms with van der Waals surface area (Å²) >= 11 is 0. The highest BCUT2D eigenvalue weighted by molar-refractivity contribution is 6.12. The lowest BCUT2D eigenvalue weighted by Crippen LogP contribution is -2.03. The summed E-state index contributed by atoms with van der Waals surface area (Å²) < 4.78 is 46.0. The van der Waals surface area contributed by atoms with E-state index in [4.69, 9.17) is 47.9 Å². The van der Waals surface area contributed by atoms with Gasteiger partial charge < -0.3 is 37.9 Å². The van der Waals surface area contributed by atoms with Crippen LogP contribution in [0.4, 0.5) is 0 Å². The van der Waals surface area contributed by atoms with Gasteiger partial charge in [-0.1, -0.05) is 109 Å². The Kier molecular flexibility index (Phi) is 12.9. The Hall–Kier alpha value is -7.86. The van der Waals surface area contributed by atoms with E-state index in [1.54, 1.807) is 28.4 Å². The molecule has 8 aromatic carbocycles. The minimum Gasteiger partial charge on any atom is -0.467 e. The summed E-state index contributed by atoms with van der Waals surface area (Å²) in [4.78, 5) is 9.78. The van der Waals surface area contributed by atoms with Crippen LogP contribution >= 0.6 is 0 Å². The molecule has 0 unspecified atom stereocenters. The largest absolute Gasteiger partial charge is 0.467 e. The van der Waals surface area contributed by atoms with Crippen LogP contribution in [-0.2, 0) is 18.9 Å². The minimum atomic E-state index is 0.100. The Morgan fingerprint density at radius 2 is 0.632 bits per heavy atom. The molecule has 0 N–H and O–H groups in total. The third kappa shape index (κ3) is 8.65. The van der Waals surface area contributed by atoms with Crippen molar-refractivity contribution in [3.05, 3.63) is 170 Å². The van der Waals surface area contributed by atoms with E-state index in [9.17, 15) is 0 Å². The lowest BCUT2D eigenvalue weighted by Gasteiger charge is -2.19. The lowest BCUT2D eigenvalue weighted by atomic mass is 9.91. The zero-order valence-corrected chi connectivity index (χ0v) is 38.2. The fraction of sp³-hybridized carbons (Fsp3) is 0.138. The zero-order chi connectivity index (χ0) is 46.4. The molecule has 68 heavy (non-hydrogen) atoms. The van der Waals surface area contributed by atoms with Crippen molar-refractivity contribution in [1.29, 1.82) is 0 Å². The van der Waals surface area contributed by atoms with E-state index in [2.05, 4.69) is 97.1 Å². The second-order valence-corrected chi connectivity index (χ2v) is 16.1. The van der Waals surface area contributed by atoms with Crippen LogP contribution in [0, 0.1) is 0 Å². The van der Waals surface area contributed by atoms with Crippen molar-refractivity contribution in [3.8, 4) is 78.9 Å². The van der Waals surface area contributed by atoms with Crippen molar-refractivity contribution < 1.29 is 37.9 Å². The Morgan fingerprint density at radius 3 is 0.971 bits per heavy atom. The van der Waals surface area contributed by atoms with E-state index in [0.717, 1.165) is 99.0 Å². The number of fused-ring (bicyclic) bond motifs is 4. The van der Waals surface area contributed by atoms with Gasteiger partial charge in [-0.2, -0.15) is 0 Å². The number of hydrogen-bond acceptors (Lipinski definition) is 10. The van der Waals surface area contributed by atoms with Crippen molar-refractivity contribution in [2.24, 2.45) is 0 Å². The highest BCUT2D eigenvalue weighted by Crippen LogP contribution is 2.48. The van der Waals surface area contributed by atoms with E-state index < -0.39 is 0 Å². The van der Waals surface area contributed by atoms with Crippen LogP contribution in [0.25, 0.3) is 99.0 Å². The van der Waals surface area contributed by atoms with Gasteiger partial charge in [0.2, 0.25) is 0 Å². The average Bonchev–Trinajstić information content (AvgIpc) is 3.40. The third-order valence-electron chi connectivity index (χ3n) is 12.0. The first kappa shape index (κ1) is 44.0. The van der Waals surface area contributed by atoms with Gasteiger partial charge >= 0.3 is 0 Å². The number of benzene rings is 8. The first-order chi connectivity index (χ1) is 33.6. The molecule has 0 bridgehead atoms. The number of rotatable bonds is 17. The molecule has 0 spiro atoms. The van der Waals surface area contributed by atoms with Gasteiger partial charge in [-0.25, -0.2) is 0 Å². The fourth-order valence-electron chi connectivity index (χ4n) is 8.92. The monoisotopic (exact) mass is 900 g/mol. The molecule has 2 heterocycles. The van der Waals surface area contributed by atoms with Crippen LogP contribution < -0.4 is 18.9 Å². The molecule has 0 radical (unpaired) electrons. The van der Waals surface area contributed by atoms with Gasteiger partial charge in [0.15, 0.2) is 27.2 Å². The predicted molar refractivity (Wildman–Crippen MR) is 269 cm³/mol. The Morgan fingerprint density at radius 1 is 0.309 bits per heavy atom. The normalized spacial score (nSPS) is 11.4. The van der Waals surface area contributed by atoms with Crippen LogP contribution in [0.3, 0.4) is 0 Å². The van der Waals surface area contributed by atoms with E-state index in [1.165, 1.54) is 0 Å². The maximum Gasteiger partial charge on any atom is 0.188 e. The first-order valence-electron chi connectivity index (χ1n) is 22.1. The standard InChI is InChI=1S/C58H48N2O8/c1-61-33-65-51-25-17-37-9-5-7-11-45(37)55(51)57-47-21-13-39(29-41(47)19-27-53(57)67-35-63-3)43-15-23-49(59-31-43)50-24-16-44(32-60-50)40-14-22-48-42(30-40)20-28-54(68-36-64-4)58(48)56-46-12-8-6-10-38(46)18-26-52(56)66-34-62-2/h5-32H,33-36H2,1-4H3. The summed E-state index contributed by atoms with van der Waals surface area (Å²) in [5.41, 5.74) is 9.24. The van der Waals surface area contributed by atoms with Crippen molar-refractivity contribution in [2.45, 2.75) is 0 Å². The summed E-state index contributed by atoms with van der Waals surface area (Å²) in [6.07, 6.45) is 3.80. The van der Waals surface area contributed by atoms with Crippen molar-refractivity contribution in [3.63, 3.8) is 0 Å². The smallest absolute Gasteiger partial charge is 0.188 e. The van der Waals surface area contributed by atoms with Gasteiger partial charge in [-0.15, -0.1) is 0 Å². The predicted octanol–water partition coefficient (Wildman–Crippen LogP) is 13.4. The van der Waals surface area contributed by atoms with Crippen LogP contribution in [0.1, 0.15) is 0 Å². The molecular formula is C58H48N2O8. The number of aromatic nitrogens is 2. The maximum absolute atomic E-state index is 6.20. The summed E-state index contributed by atoms with van der Waals surface area (Å²) in [6, 6.07) is 53.8. The van der Waals surface area contributed by atoms with Crippen LogP contribution in [-0.4, -0.2) is 65.6 Å². The Labute approximate surface area is 394 Å². The molecule has 10 rings (SSSR count). The van der Waals surface area contributed by atoms with Crippen LogP contribution in [0.5, 0.6) is 23.0 Å². The molecule has 0 saturated heterocycles. The molecule has 0 aliphatic heterocycles. The maximum atomic E-state index is 6.20. The summed E-state index contributed by atoms with van der Waals surface area (Å²) in [5, 5.41) is 8.34. The molecule has 2 aromatic heterocycles. The second kappa shape index (κ2) is 19.9. The van der Waals surface area contributed by atoms with E-state index in [-0.39, 0.29) is 27.2 Å². The number of hydrogen-bond donors (Lipinski definition) is 0. The van der Waals surface area contributed by atoms with E-state index in [0.29, 0.717) is 23.0 Å². The second-order valence-electron chi connectivity index (χ2n) is 16.1. The summed E-state index contributed by atoms with van der Waals surface area (Å²) in [7, 11) is 6.46. The fourth-order valence-corrected chi connectivity index (χ4v) is 8.92. The molecule has 338 valence electrons. The molecule has 10 aromatic rings. The molecule has 0 atom stereocenters. The first-order valence-corrected chi connectivity index (χ1v) is 22.1. The summed E-state index contributed by atoms with van der Waals surface area (Å²) in [5.74, 6) is 2.77. The number of methoxy groups -OCH3 is 4. The van der Waals surface area contributed by atoms with Crippen molar-refractivity contribution in [1.82, 2.24) is 9.97 Å². The molecule has 0 saturated carbocycles. The van der Waals surface area contributed by atoms with Gasteiger partial charge in [0.05, 0.1) is 11.4 Å². The van der Waals surface area contributed by atoms with Crippen molar-refractivity contribution >= 4 is 43.1 Å². The summed E-state index contributed by atoms with van der Waals surface area (Å²) in [6.45, 7) is 0.417. The molecule has 10 nitrogen and oxygen atoms in total. The molecule has 0 amide bonds. The molecular weight excluding hydrogens is 853 g/mol. The van der Waals surface area contributed by atoms with E-state index >= 15 is 0 Å². The molecule has 10 heteroatoms. The Bertz CT molecular complexity index is 3180. The molecule has 0 fully saturated rings. The SMILES string of the molecule is COCOc1ccc2ccccc2c1-c1c(OCOC)ccc2cc(-c3ccc(-c4ccc(-c5ccc6c(-c7c(OCOC)ccc8ccccc78)c(OCOC)ccc6c5)cn4)nc3)ccc12. The van der Waals surface area contributed by atoms with Gasteiger partial charge in [0, 0.05) is 74.2 Å². The lowest BCUT2D eigenvalue weighted by molar-refractivity contribution is 0.0502. The highest BCUT2D eigenvalue weighted by atomic mass is 16.7. The number of ether oxygens (including phenoxy) is 8. The topological polar surface area (TPSA) is 99.6 Å². The zero-order valence-electron chi connectivity index (χ0n) is 38.2. The quantitative estimate of drug-likeness (QED) is 0.0821. The number of pyridine rings is 2. The van der Waals surface area contributed by atoms with Gasteiger partial charge in [-0.3, -0.25) is 9.97 Å². The van der Waals surface area contributed by atoms with Crippen LogP contribution in [0.15, 0.2) is 170 Å². The molecule has 0 aliphatic rings. The van der Waals surface area contributed by atoms with Gasteiger partial charge in [0.25, 0.3) is 0 Å². The highest BCUT2D eigenvalue weighted by Gasteiger charge is 2.22. The van der Waals surface area contributed by atoms with E-state index in [1.807, 2.05) is 73.1 Å². The third-order valence-corrected chi connectivity index (χ3v) is 12.0. The van der Waals surface area contributed by atoms with Gasteiger partial charge in [-0.05, 0) is 103 Å². The van der Waals surface area contributed by atoms with Crippen LogP contribution in [0.2, 0.25) is 0 Å². The van der Waals surface area contributed by atoms with Crippen molar-refractivity contribution in [2.75, 3.05) is 55.6 Å². The average molecular weight is 901 g/mol. The molecule has 0 aliphatic carbocycles. The number of nitrogens with zero attached hydrogens (tertiary/aromatic N) is 2. The van der Waals surface area contributed by atoms with Gasteiger partial charge in [0.1, 0.15) is 23.0 Å². The minimum absolute atomic E-state index is 0.100.